The molecule has 0 bridgehead atoms. The summed E-state index contributed by atoms with van der Waals surface area (Å²) in [6.07, 6.45) is 1.97. The molecule has 0 radical (unpaired) electrons. The van der Waals surface area contributed by atoms with E-state index in [1.807, 2.05) is 62.4 Å². The first kappa shape index (κ1) is 25.2. The van der Waals surface area contributed by atoms with E-state index in [2.05, 4.69) is 21.2 Å². The lowest BCUT2D eigenvalue weighted by atomic mass is 10.1. The van der Waals surface area contributed by atoms with E-state index in [0.717, 1.165) is 22.4 Å². The minimum atomic E-state index is -0.874. The van der Waals surface area contributed by atoms with Crippen molar-refractivity contribution < 1.29 is 19.1 Å². The minimum Gasteiger partial charge on any atom is -0.483 e. The van der Waals surface area contributed by atoms with Gasteiger partial charge in [-0.15, -0.1) is 0 Å². The van der Waals surface area contributed by atoms with Crippen molar-refractivity contribution in [3.63, 3.8) is 0 Å². The molecule has 0 aliphatic heterocycles. The lowest BCUT2D eigenvalue weighted by Crippen LogP contribution is -2.38. The number of carbonyl (C=O) groups is 3. The quantitative estimate of drug-likeness (QED) is 0.253. The van der Waals surface area contributed by atoms with E-state index >= 15 is 0 Å². The molecule has 0 unspecified atom stereocenters. The monoisotopic (exact) mass is 472 g/mol. The lowest BCUT2D eigenvalue weighted by molar-refractivity contribution is -0.139. The zero-order valence-corrected chi connectivity index (χ0v) is 19.7. The highest BCUT2D eigenvalue weighted by Gasteiger charge is 2.12. The van der Waals surface area contributed by atoms with Crippen LogP contribution in [-0.2, 0) is 20.8 Å². The maximum absolute atomic E-state index is 12.3. The number of hydrazone groups is 1. The number of nitrogens with zero attached hydrogens (tertiary/aromatic N) is 1. The van der Waals surface area contributed by atoms with Gasteiger partial charge in [-0.05, 0) is 55.2 Å². The van der Waals surface area contributed by atoms with E-state index in [0.29, 0.717) is 24.3 Å². The molecule has 3 amide bonds. The van der Waals surface area contributed by atoms with Crippen LogP contribution in [0.25, 0.3) is 0 Å². The molecule has 8 nitrogen and oxygen atoms in total. The number of para-hydroxylation sites is 1. The topological polar surface area (TPSA) is 109 Å². The number of hydrogen-bond donors (Lipinski definition) is 3. The second-order valence-corrected chi connectivity index (χ2v) is 7.88. The molecule has 0 aromatic heterocycles. The summed E-state index contributed by atoms with van der Waals surface area (Å²) in [5.74, 6) is -1.54. The van der Waals surface area contributed by atoms with Crippen LogP contribution in [0.5, 0.6) is 5.75 Å². The van der Waals surface area contributed by atoms with Crippen molar-refractivity contribution in [3.8, 4) is 5.75 Å². The molecular formula is C27H28N4O4. The third kappa shape index (κ3) is 8.12. The number of rotatable bonds is 9. The number of hydrogen-bond acceptors (Lipinski definition) is 5. The average molecular weight is 473 g/mol. The third-order valence-corrected chi connectivity index (χ3v) is 5.06. The Kier molecular flexibility index (Phi) is 9.13. The van der Waals surface area contributed by atoms with Crippen molar-refractivity contribution in [2.45, 2.75) is 20.3 Å². The Morgan fingerprint density at radius 1 is 0.914 bits per heavy atom. The Balaban J connectivity index is 1.47. The predicted molar refractivity (Wildman–Crippen MR) is 135 cm³/mol. The van der Waals surface area contributed by atoms with Crippen molar-refractivity contribution in [2.75, 3.05) is 18.5 Å². The van der Waals surface area contributed by atoms with Gasteiger partial charge in [-0.3, -0.25) is 14.4 Å². The second-order valence-electron chi connectivity index (χ2n) is 7.88. The summed E-state index contributed by atoms with van der Waals surface area (Å²) >= 11 is 0. The number of anilines is 1. The van der Waals surface area contributed by atoms with Crippen LogP contribution in [0.2, 0.25) is 0 Å². The highest BCUT2D eigenvalue weighted by atomic mass is 16.5. The van der Waals surface area contributed by atoms with Crippen molar-refractivity contribution in [3.05, 3.63) is 95.1 Å². The fourth-order valence-corrected chi connectivity index (χ4v) is 3.18. The number of amides is 3. The van der Waals surface area contributed by atoms with Gasteiger partial charge in [-0.2, -0.15) is 5.10 Å². The van der Waals surface area contributed by atoms with Crippen LogP contribution in [0.3, 0.4) is 0 Å². The van der Waals surface area contributed by atoms with Gasteiger partial charge in [-0.1, -0.05) is 54.6 Å². The molecule has 3 aromatic carbocycles. The molecule has 0 fully saturated rings. The summed E-state index contributed by atoms with van der Waals surface area (Å²) in [7, 11) is 0. The van der Waals surface area contributed by atoms with Gasteiger partial charge in [-0.25, -0.2) is 5.43 Å². The summed E-state index contributed by atoms with van der Waals surface area (Å²) < 4.78 is 5.65. The molecule has 3 aromatic rings. The van der Waals surface area contributed by atoms with Crippen LogP contribution < -0.4 is 20.8 Å². The van der Waals surface area contributed by atoms with E-state index in [9.17, 15) is 14.4 Å². The van der Waals surface area contributed by atoms with Crippen LogP contribution in [0.15, 0.2) is 77.9 Å². The maximum atomic E-state index is 12.3. The smallest absolute Gasteiger partial charge is 0.329 e. The number of benzene rings is 3. The molecule has 180 valence electrons. The SMILES string of the molecule is Cc1ccc(C)c(NC(=O)COc2ccccc2/C=N\NC(=O)C(=O)NCCc2ccccc2)c1. The number of aryl methyl sites for hydroxylation is 2. The van der Waals surface area contributed by atoms with Crippen molar-refractivity contribution in [1.82, 2.24) is 10.7 Å². The molecule has 0 aliphatic carbocycles. The molecule has 0 saturated heterocycles. The van der Waals surface area contributed by atoms with Gasteiger partial charge in [0.25, 0.3) is 5.91 Å². The van der Waals surface area contributed by atoms with Gasteiger partial charge in [0.1, 0.15) is 5.75 Å². The van der Waals surface area contributed by atoms with E-state index in [4.69, 9.17) is 4.74 Å². The zero-order valence-electron chi connectivity index (χ0n) is 19.7. The van der Waals surface area contributed by atoms with Crippen LogP contribution >= 0.6 is 0 Å². The fourth-order valence-electron chi connectivity index (χ4n) is 3.18. The van der Waals surface area contributed by atoms with Crippen LogP contribution in [0.1, 0.15) is 22.3 Å². The summed E-state index contributed by atoms with van der Waals surface area (Å²) in [4.78, 5) is 36.3. The van der Waals surface area contributed by atoms with Crippen molar-refractivity contribution >= 4 is 29.6 Å². The van der Waals surface area contributed by atoms with Gasteiger partial charge in [0, 0.05) is 17.8 Å². The highest BCUT2D eigenvalue weighted by Crippen LogP contribution is 2.18. The van der Waals surface area contributed by atoms with E-state index in [-0.39, 0.29) is 12.5 Å². The minimum absolute atomic E-state index is 0.200. The normalized spacial score (nSPS) is 10.6. The molecule has 3 N–H and O–H groups in total. The van der Waals surface area contributed by atoms with Gasteiger partial charge in [0.05, 0.1) is 6.21 Å². The number of ether oxygens (including phenoxy) is 1. The Labute approximate surface area is 204 Å². The zero-order chi connectivity index (χ0) is 25.0. The number of nitrogens with one attached hydrogen (secondary N) is 3. The van der Waals surface area contributed by atoms with Crippen molar-refractivity contribution in [1.29, 1.82) is 0 Å². The molecule has 0 saturated carbocycles. The van der Waals surface area contributed by atoms with Crippen LogP contribution in [0.4, 0.5) is 5.69 Å². The van der Waals surface area contributed by atoms with Gasteiger partial charge < -0.3 is 15.4 Å². The van der Waals surface area contributed by atoms with Crippen molar-refractivity contribution in [2.24, 2.45) is 5.10 Å². The van der Waals surface area contributed by atoms with Gasteiger partial charge >= 0.3 is 11.8 Å². The standard InChI is InChI=1S/C27H28N4O4/c1-19-12-13-20(2)23(16-19)30-25(32)18-35-24-11-7-6-10-22(24)17-29-31-27(34)26(33)28-15-14-21-8-4-3-5-9-21/h3-13,16-17H,14-15,18H2,1-2H3,(H,28,33)(H,30,32)(H,31,34)/b29-17-. The lowest BCUT2D eigenvalue weighted by Gasteiger charge is -2.11. The van der Waals surface area contributed by atoms with Crippen LogP contribution in [-0.4, -0.2) is 37.1 Å². The summed E-state index contributed by atoms with van der Waals surface area (Å²) in [6.45, 7) is 4.00. The third-order valence-electron chi connectivity index (χ3n) is 5.06. The van der Waals surface area contributed by atoms with E-state index in [1.165, 1.54) is 6.21 Å². The first-order chi connectivity index (χ1) is 16.9. The van der Waals surface area contributed by atoms with Crippen LogP contribution in [0, 0.1) is 13.8 Å². The largest absolute Gasteiger partial charge is 0.483 e. The summed E-state index contributed by atoms with van der Waals surface area (Å²) in [5, 5.41) is 9.24. The average Bonchev–Trinajstić information content (AvgIpc) is 2.86. The first-order valence-electron chi connectivity index (χ1n) is 11.2. The fraction of sp³-hybridized carbons (Fsp3) is 0.185. The van der Waals surface area contributed by atoms with Gasteiger partial charge in [0.15, 0.2) is 6.61 Å². The molecular weight excluding hydrogens is 444 g/mol. The van der Waals surface area contributed by atoms with E-state index in [1.54, 1.807) is 24.3 Å². The Morgan fingerprint density at radius 2 is 1.66 bits per heavy atom. The molecule has 0 aliphatic rings. The summed E-state index contributed by atoms with van der Waals surface area (Å²) in [6, 6.07) is 22.4. The maximum Gasteiger partial charge on any atom is 0.329 e. The molecule has 8 heteroatoms. The van der Waals surface area contributed by atoms with Gasteiger partial charge in [0.2, 0.25) is 0 Å². The molecule has 3 rings (SSSR count). The second kappa shape index (κ2) is 12.7. The predicted octanol–water partition coefficient (Wildman–Crippen LogP) is 3.13. The Morgan fingerprint density at radius 3 is 2.46 bits per heavy atom. The summed E-state index contributed by atoms with van der Waals surface area (Å²) in [5.41, 5.74) is 6.53. The number of carbonyl (C=O) groups excluding carboxylic acids is 3. The molecule has 0 heterocycles. The van der Waals surface area contributed by atoms with E-state index < -0.39 is 11.8 Å². The Bertz CT molecular complexity index is 1210. The molecule has 0 spiro atoms. The first-order valence-corrected chi connectivity index (χ1v) is 11.2. The highest BCUT2D eigenvalue weighted by molar-refractivity contribution is 6.35. The Hall–Kier alpha value is -4.46. The molecule has 35 heavy (non-hydrogen) atoms. The molecule has 0 atom stereocenters.